The highest BCUT2D eigenvalue weighted by Crippen LogP contribution is 2.30. The summed E-state index contributed by atoms with van der Waals surface area (Å²) in [5.41, 5.74) is 10.4. The van der Waals surface area contributed by atoms with E-state index in [1.807, 2.05) is 30.3 Å². The number of nitrogens with zero attached hydrogens (tertiary/aromatic N) is 3. The summed E-state index contributed by atoms with van der Waals surface area (Å²) in [7, 11) is 1.41. The molecule has 1 aliphatic rings. The largest absolute Gasteiger partial charge is 0.459 e. The molecule has 1 aliphatic heterocycles. The number of benzene rings is 2. The summed E-state index contributed by atoms with van der Waals surface area (Å²) in [5.74, 6) is -1.18. The fraction of sp³-hybridized carbons (Fsp3) is 0.391. The quantitative estimate of drug-likeness (QED) is 0.245. The van der Waals surface area contributed by atoms with Crippen molar-refractivity contribution in [1.82, 2.24) is 0 Å². The third-order valence-electron chi connectivity index (χ3n) is 5.01. The van der Waals surface area contributed by atoms with Crippen LogP contribution in [0.25, 0.3) is 10.4 Å². The number of carbonyl (C=O) groups is 2. The van der Waals surface area contributed by atoms with Gasteiger partial charge in [0.15, 0.2) is 6.29 Å². The van der Waals surface area contributed by atoms with E-state index in [2.05, 4.69) is 10.0 Å². The number of azide groups is 1. The van der Waals surface area contributed by atoms with E-state index in [-0.39, 0.29) is 13.2 Å². The first kappa shape index (κ1) is 24.2. The molecule has 10 heteroatoms. The van der Waals surface area contributed by atoms with Crippen molar-refractivity contribution in [2.24, 2.45) is 5.11 Å². The molecule has 0 spiro atoms. The molecule has 2 unspecified atom stereocenters. The van der Waals surface area contributed by atoms with Crippen LogP contribution in [-0.2, 0) is 35.1 Å². The third-order valence-corrected chi connectivity index (χ3v) is 5.01. The lowest BCUT2D eigenvalue weighted by atomic mass is 9.96. The lowest BCUT2D eigenvalue weighted by Crippen LogP contribution is -2.60. The summed E-state index contributed by atoms with van der Waals surface area (Å²) >= 11 is 0. The third kappa shape index (κ3) is 6.53. The van der Waals surface area contributed by atoms with Gasteiger partial charge in [-0.1, -0.05) is 53.6 Å². The molecule has 33 heavy (non-hydrogen) atoms. The summed E-state index contributed by atoms with van der Waals surface area (Å²) < 4.78 is 28.1. The summed E-state index contributed by atoms with van der Waals surface area (Å²) in [6, 6.07) is 16.8. The molecule has 0 amide bonds. The van der Waals surface area contributed by atoms with Crippen LogP contribution in [0.15, 0.2) is 65.8 Å². The van der Waals surface area contributed by atoms with E-state index >= 15 is 0 Å². The smallest absolute Gasteiger partial charge is 0.338 e. The van der Waals surface area contributed by atoms with Crippen molar-refractivity contribution < 1.29 is 33.3 Å². The summed E-state index contributed by atoms with van der Waals surface area (Å²) in [6.07, 6.45) is -3.85. The van der Waals surface area contributed by atoms with Crippen LogP contribution in [0, 0.1) is 0 Å². The van der Waals surface area contributed by atoms with Crippen LogP contribution in [0.3, 0.4) is 0 Å². The second kappa shape index (κ2) is 12.0. The van der Waals surface area contributed by atoms with E-state index in [0.717, 1.165) is 5.56 Å². The Kier molecular flexibility index (Phi) is 8.79. The van der Waals surface area contributed by atoms with Gasteiger partial charge >= 0.3 is 11.9 Å². The van der Waals surface area contributed by atoms with Crippen molar-refractivity contribution in [2.45, 2.75) is 44.2 Å². The molecule has 174 valence electrons. The van der Waals surface area contributed by atoms with Gasteiger partial charge in [-0.05, 0) is 23.2 Å². The SMILES string of the molecule is CO[C@@H]1OC(COC(=O)c2ccccc2)[C@H](OC(C)=O)[C@H](N=[N+]=[N-])C1OCc1ccccc1. The minimum absolute atomic E-state index is 0.187. The number of hydrogen-bond acceptors (Lipinski definition) is 8. The molecule has 0 bridgehead atoms. The van der Waals surface area contributed by atoms with Crippen LogP contribution >= 0.6 is 0 Å². The van der Waals surface area contributed by atoms with Crippen LogP contribution in [0.1, 0.15) is 22.8 Å². The molecular weight excluding hydrogens is 430 g/mol. The molecule has 0 N–H and O–H groups in total. The number of esters is 2. The van der Waals surface area contributed by atoms with E-state index in [1.165, 1.54) is 14.0 Å². The van der Waals surface area contributed by atoms with Gasteiger partial charge in [0.1, 0.15) is 31.0 Å². The van der Waals surface area contributed by atoms with Gasteiger partial charge in [-0.2, -0.15) is 0 Å². The van der Waals surface area contributed by atoms with Gasteiger partial charge in [-0.3, -0.25) is 4.79 Å². The average Bonchev–Trinajstić information content (AvgIpc) is 2.84. The standard InChI is InChI=1S/C23H25N3O7/c1-15(27)32-20-18(14-31-22(28)17-11-7-4-8-12-17)33-23(29-2)21(19(20)25-26-24)30-13-16-9-5-3-6-10-16/h3-12,18-21,23H,13-14H2,1-2H3/t18?,19-,20-,21?,23+/m0/s1. The van der Waals surface area contributed by atoms with Gasteiger partial charge in [0.2, 0.25) is 0 Å². The van der Waals surface area contributed by atoms with E-state index in [9.17, 15) is 15.1 Å². The van der Waals surface area contributed by atoms with Crippen molar-refractivity contribution in [3.63, 3.8) is 0 Å². The van der Waals surface area contributed by atoms with Crippen molar-refractivity contribution in [2.75, 3.05) is 13.7 Å². The summed E-state index contributed by atoms with van der Waals surface area (Å²) in [6.45, 7) is 1.16. The monoisotopic (exact) mass is 455 g/mol. The van der Waals surface area contributed by atoms with E-state index < -0.39 is 42.6 Å². The molecule has 2 aromatic rings. The van der Waals surface area contributed by atoms with E-state index in [0.29, 0.717) is 5.56 Å². The Morgan fingerprint density at radius 1 is 1.06 bits per heavy atom. The van der Waals surface area contributed by atoms with Gasteiger partial charge in [0.25, 0.3) is 0 Å². The zero-order valence-corrected chi connectivity index (χ0v) is 18.3. The number of ether oxygens (including phenoxy) is 5. The highest BCUT2D eigenvalue weighted by molar-refractivity contribution is 5.89. The molecule has 2 aromatic carbocycles. The first-order valence-electron chi connectivity index (χ1n) is 10.3. The van der Waals surface area contributed by atoms with Crippen LogP contribution in [0.4, 0.5) is 0 Å². The molecule has 0 aromatic heterocycles. The molecule has 5 atom stereocenters. The second-order valence-electron chi connectivity index (χ2n) is 7.27. The number of rotatable bonds is 9. The first-order chi connectivity index (χ1) is 16.0. The van der Waals surface area contributed by atoms with Crippen LogP contribution in [-0.4, -0.2) is 56.3 Å². The minimum Gasteiger partial charge on any atom is -0.459 e. The highest BCUT2D eigenvalue weighted by atomic mass is 16.7. The topological polar surface area (TPSA) is 129 Å². The summed E-state index contributed by atoms with van der Waals surface area (Å²) in [5, 5.41) is 3.82. The molecule has 1 fully saturated rings. The Morgan fingerprint density at radius 2 is 1.73 bits per heavy atom. The molecule has 10 nitrogen and oxygen atoms in total. The maximum absolute atomic E-state index is 12.4. The van der Waals surface area contributed by atoms with Crippen molar-refractivity contribution >= 4 is 11.9 Å². The lowest BCUT2D eigenvalue weighted by Gasteiger charge is -2.43. The molecule has 1 saturated heterocycles. The second-order valence-corrected chi connectivity index (χ2v) is 7.27. The van der Waals surface area contributed by atoms with E-state index in [1.54, 1.807) is 30.3 Å². The van der Waals surface area contributed by atoms with Crippen LogP contribution in [0.2, 0.25) is 0 Å². The minimum atomic E-state index is -1.06. The van der Waals surface area contributed by atoms with Gasteiger partial charge < -0.3 is 23.7 Å². The number of hydrogen-bond donors (Lipinski definition) is 0. The van der Waals surface area contributed by atoms with Gasteiger partial charge in [-0.25, -0.2) is 4.79 Å². The summed E-state index contributed by atoms with van der Waals surface area (Å²) in [4.78, 5) is 27.1. The highest BCUT2D eigenvalue weighted by Gasteiger charge is 2.49. The Morgan fingerprint density at radius 3 is 2.33 bits per heavy atom. The Balaban J connectivity index is 1.79. The van der Waals surface area contributed by atoms with E-state index in [4.69, 9.17) is 23.7 Å². The zero-order chi connectivity index (χ0) is 23.6. The Hall–Kier alpha value is -3.43. The fourth-order valence-electron chi connectivity index (χ4n) is 3.51. The van der Waals surface area contributed by atoms with Crippen molar-refractivity contribution in [1.29, 1.82) is 0 Å². The van der Waals surface area contributed by atoms with Gasteiger partial charge in [0.05, 0.1) is 12.2 Å². The maximum atomic E-state index is 12.4. The van der Waals surface area contributed by atoms with Gasteiger partial charge in [-0.15, -0.1) is 0 Å². The zero-order valence-electron chi connectivity index (χ0n) is 18.3. The predicted octanol–water partition coefficient (Wildman–Crippen LogP) is 3.41. The molecule has 0 aliphatic carbocycles. The fourth-order valence-corrected chi connectivity index (χ4v) is 3.51. The van der Waals surface area contributed by atoms with Gasteiger partial charge in [0, 0.05) is 18.9 Å². The molecule has 0 saturated carbocycles. The first-order valence-corrected chi connectivity index (χ1v) is 10.3. The number of carbonyl (C=O) groups excluding carboxylic acids is 2. The van der Waals surface area contributed by atoms with Crippen molar-refractivity contribution in [3.05, 3.63) is 82.2 Å². The van der Waals surface area contributed by atoms with Crippen molar-refractivity contribution in [3.8, 4) is 0 Å². The molecular formula is C23H25N3O7. The molecule has 1 heterocycles. The van der Waals surface area contributed by atoms with Crippen LogP contribution < -0.4 is 0 Å². The predicted molar refractivity (Wildman–Crippen MR) is 116 cm³/mol. The maximum Gasteiger partial charge on any atom is 0.338 e. The Bertz CT molecular complexity index is 967. The molecule has 3 rings (SSSR count). The van der Waals surface area contributed by atoms with Crippen LogP contribution in [0.5, 0.6) is 0 Å². The molecule has 0 radical (unpaired) electrons. The lowest BCUT2D eigenvalue weighted by molar-refractivity contribution is -0.281. The Labute approximate surface area is 191 Å². The normalized spacial score (nSPS) is 24.4. The average molecular weight is 455 g/mol. The number of methoxy groups -OCH3 is 1.